The van der Waals surface area contributed by atoms with Gasteiger partial charge in [0.15, 0.2) is 5.96 Å². The Labute approximate surface area is 195 Å². The van der Waals surface area contributed by atoms with E-state index in [4.69, 9.17) is 9.73 Å². The minimum Gasteiger partial charge on any atom is -0.376 e. The fourth-order valence-electron chi connectivity index (χ4n) is 3.42. The van der Waals surface area contributed by atoms with Crippen LogP contribution in [-0.4, -0.2) is 58.5 Å². The van der Waals surface area contributed by atoms with Crippen molar-refractivity contribution < 1.29 is 9.13 Å². The zero-order chi connectivity index (χ0) is 20.5. The van der Waals surface area contributed by atoms with Gasteiger partial charge in [0.2, 0.25) is 0 Å². The summed E-state index contributed by atoms with van der Waals surface area (Å²) >= 11 is 0. The van der Waals surface area contributed by atoms with E-state index in [1.54, 1.807) is 18.5 Å². The second-order valence-electron chi connectivity index (χ2n) is 7.36. The van der Waals surface area contributed by atoms with Crippen LogP contribution in [-0.2, 0) is 24.2 Å². The van der Waals surface area contributed by atoms with Gasteiger partial charge >= 0.3 is 0 Å². The van der Waals surface area contributed by atoms with Crippen molar-refractivity contribution in [3.8, 4) is 0 Å². The Morgan fingerprint density at radius 2 is 2.13 bits per heavy atom. The fraction of sp³-hybridized carbons (Fsp3) is 0.571. The first kappa shape index (κ1) is 24.5. The van der Waals surface area contributed by atoms with Crippen LogP contribution >= 0.6 is 24.0 Å². The molecular weight excluding hydrogens is 498 g/mol. The largest absolute Gasteiger partial charge is 0.376 e. The van der Waals surface area contributed by atoms with Gasteiger partial charge < -0.3 is 19.5 Å². The molecule has 0 amide bonds. The van der Waals surface area contributed by atoms with Crippen LogP contribution in [0.3, 0.4) is 0 Å². The molecule has 1 aromatic carbocycles. The van der Waals surface area contributed by atoms with Crippen LogP contribution in [0.1, 0.15) is 37.6 Å². The summed E-state index contributed by atoms with van der Waals surface area (Å²) in [6.45, 7) is 5.65. The molecule has 1 aliphatic rings. The Hall–Kier alpha value is -1.75. The number of hydrogen-bond donors (Lipinski definition) is 1. The molecule has 1 aromatic heterocycles. The number of aryl methyl sites for hydroxylation is 1. The van der Waals surface area contributed by atoms with E-state index in [2.05, 4.69) is 31.9 Å². The van der Waals surface area contributed by atoms with E-state index in [9.17, 15) is 4.39 Å². The number of aliphatic imine (C=N–C) groups is 1. The van der Waals surface area contributed by atoms with Crippen LogP contribution in [0.2, 0.25) is 0 Å². The van der Waals surface area contributed by atoms with E-state index in [0.717, 1.165) is 49.8 Å². The molecule has 0 aliphatic carbocycles. The van der Waals surface area contributed by atoms with Gasteiger partial charge in [-0.15, -0.1) is 34.2 Å². The molecule has 30 heavy (non-hydrogen) atoms. The van der Waals surface area contributed by atoms with Crippen molar-refractivity contribution >= 4 is 29.9 Å². The van der Waals surface area contributed by atoms with Crippen LogP contribution in [0.4, 0.5) is 4.39 Å². The third kappa shape index (κ3) is 7.50. The van der Waals surface area contributed by atoms with E-state index < -0.39 is 0 Å². The standard InChI is InChI=1S/C21H31FN6O.HI/c1-3-20-26-25-16-28(20)12-11-23-21(24-14-19-6-4-5-13-29-19)27(2)15-17-7-9-18(22)10-8-17;/h7-10,16,19H,3-6,11-15H2,1-2H3,(H,23,24);1H. The highest BCUT2D eigenvalue weighted by Crippen LogP contribution is 2.13. The predicted molar refractivity (Wildman–Crippen MR) is 127 cm³/mol. The quantitative estimate of drug-likeness (QED) is 0.323. The lowest BCUT2D eigenvalue weighted by Gasteiger charge is -2.25. The monoisotopic (exact) mass is 530 g/mol. The SMILES string of the molecule is CCc1nncn1CCNC(=NCC1CCCCO1)N(C)Cc1ccc(F)cc1.I. The number of halogens is 2. The number of benzene rings is 1. The van der Waals surface area contributed by atoms with Crippen molar-refractivity contribution in [2.24, 2.45) is 4.99 Å². The third-order valence-electron chi connectivity index (χ3n) is 5.06. The second kappa shape index (κ2) is 12.8. The van der Waals surface area contributed by atoms with Gasteiger partial charge in [-0.25, -0.2) is 4.39 Å². The van der Waals surface area contributed by atoms with Crippen molar-refractivity contribution in [2.75, 3.05) is 26.7 Å². The molecule has 1 N–H and O–H groups in total. The van der Waals surface area contributed by atoms with Crippen molar-refractivity contribution in [3.05, 3.63) is 47.8 Å². The normalized spacial score (nSPS) is 16.8. The van der Waals surface area contributed by atoms with Crippen LogP contribution < -0.4 is 5.32 Å². The highest BCUT2D eigenvalue weighted by molar-refractivity contribution is 14.0. The molecule has 0 saturated carbocycles. The van der Waals surface area contributed by atoms with E-state index in [0.29, 0.717) is 19.6 Å². The summed E-state index contributed by atoms with van der Waals surface area (Å²) in [5.41, 5.74) is 1.03. The van der Waals surface area contributed by atoms with E-state index in [1.165, 1.54) is 18.6 Å². The Morgan fingerprint density at radius 1 is 1.33 bits per heavy atom. The van der Waals surface area contributed by atoms with Crippen LogP contribution in [0.25, 0.3) is 0 Å². The lowest BCUT2D eigenvalue weighted by molar-refractivity contribution is 0.0223. The lowest BCUT2D eigenvalue weighted by atomic mass is 10.1. The first-order chi connectivity index (χ1) is 14.2. The topological polar surface area (TPSA) is 67.6 Å². The van der Waals surface area contributed by atoms with E-state index in [1.807, 2.05) is 7.05 Å². The molecule has 0 bridgehead atoms. The van der Waals surface area contributed by atoms with Gasteiger partial charge in [-0.05, 0) is 37.0 Å². The Morgan fingerprint density at radius 3 is 2.83 bits per heavy atom. The Bertz CT molecular complexity index is 776. The molecule has 3 rings (SSSR count). The van der Waals surface area contributed by atoms with E-state index >= 15 is 0 Å². The van der Waals surface area contributed by atoms with Gasteiger partial charge in [-0.2, -0.15) is 0 Å². The summed E-state index contributed by atoms with van der Waals surface area (Å²) in [5, 5.41) is 11.6. The van der Waals surface area contributed by atoms with Crippen LogP contribution in [0, 0.1) is 5.82 Å². The molecule has 166 valence electrons. The molecule has 1 saturated heterocycles. The molecule has 1 aliphatic heterocycles. The number of ether oxygens (including phenoxy) is 1. The second-order valence-corrected chi connectivity index (χ2v) is 7.36. The molecular formula is C21H32FIN6O. The minimum absolute atomic E-state index is 0. The fourth-order valence-corrected chi connectivity index (χ4v) is 3.42. The first-order valence-corrected chi connectivity index (χ1v) is 10.4. The Kier molecular flexibility index (Phi) is 10.5. The van der Waals surface area contributed by atoms with Crippen LogP contribution in [0.15, 0.2) is 35.6 Å². The molecule has 7 nitrogen and oxygen atoms in total. The number of rotatable bonds is 8. The lowest BCUT2D eigenvalue weighted by Crippen LogP contribution is -2.40. The summed E-state index contributed by atoms with van der Waals surface area (Å²) in [4.78, 5) is 6.87. The number of aromatic nitrogens is 3. The average Bonchev–Trinajstić information content (AvgIpc) is 3.20. The summed E-state index contributed by atoms with van der Waals surface area (Å²) in [5.74, 6) is 1.56. The smallest absolute Gasteiger partial charge is 0.194 e. The summed E-state index contributed by atoms with van der Waals surface area (Å²) in [6, 6.07) is 6.58. The number of nitrogens with one attached hydrogen (secondary N) is 1. The van der Waals surface area contributed by atoms with Crippen molar-refractivity contribution in [1.82, 2.24) is 25.0 Å². The molecule has 2 aromatic rings. The van der Waals surface area contributed by atoms with Crippen molar-refractivity contribution in [2.45, 2.75) is 51.8 Å². The molecule has 1 fully saturated rings. The highest BCUT2D eigenvalue weighted by Gasteiger charge is 2.15. The maximum absolute atomic E-state index is 13.2. The van der Waals surface area contributed by atoms with Crippen LogP contribution in [0.5, 0.6) is 0 Å². The molecule has 0 spiro atoms. The minimum atomic E-state index is -0.224. The van der Waals surface area contributed by atoms with Crippen molar-refractivity contribution in [3.63, 3.8) is 0 Å². The molecule has 1 atom stereocenters. The summed E-state index contributed by atoms with van der Waals surface area (Å²) in [7, 11) is 1.99. The van der Waals surface area contributed by atoms with Gasteiger partial charge in [0, 0.05) is 39.7 Å². The van der Waals surface area contributed by atoms with Gasteiger partial charge in [0.05, 0.1) is 12.6 Å². The first-order valence-electron chi connectivity index (χ1n) is 10.4. The summed E-state index contributed by atoms with van der Waals surface area (Å²) < 4.78 is 21.1. The maximum Gasteiger partial charge on any atom is 0.194 e. The molecule has 1 unspecified atom stereocenters. The molecule has 0 radical (unpaired) electrons. The Balaban J connectivity index is 0.00000320. The summed E-state index contributed by atoms with van der Waals surface area (Å²) in [6.07, 6.45) is 6.18. The van der Waals surface area contributed by atoms with Gasteiger partial charge in [-0.1, -0.05) is 19.1 Å². The predicted octanol–water partition coefficient (Wildman–Crippen LogP) is 3.24. The van der Waals surface area contributed by atoms with E-state index in [-0.39, 0.29) is 35.9 Å². The zero-order valence-corrected chi connectivity index (χ0v) is 20.1. The average molecular weight is 530 g/mol. The molecule has 2 heterocycles. The maximum atomic E-state index is 13.2. The third-order valence-corrected chi connectivity index (χ3v) is 5.06. The number of guanidine groups is 1. The highest BCUT2D eigenvalue weighted by atomic mass is 127. The zero-order valence-electron chi connectivity index (χ0n) is 17.8. The number of hydrogen-bond acceptors (Lipinski definition) is 4. The molecule has 9 heteroatoms. The van der Waals surface area contributed by atoms with Crippen molar-refractivity contribution in [1.29, 1.82) is 0 Å². The van der Waals surface area contributed by atoms with Gasteiger partial charge in [-0.3, -0.25) is 4.99 Å². The van der Waals surface area contributed by atoms with Gasteiger partial charge in [0.1, 0.15) is 18.0 Å². The number of nitrogens with zero attached hydrogens (tertiary/aromatic N) is 5. The van der Waals surface area contributed by atoms with Gasteiger partial charge in [0.25, 0.3) is 0 Å².